The first-order valence-electron chi connectivity index (χ1n) is 9.76. The summed E-state index contributed by atoms with van der Waals surface area (Å²) in [6.07, 6.45) is 1.86. The van der Waals surface area contributed by atoms with Crippen molar-refractivity contribution in [3.63, 3.8) is 0 Å². The first-order valence-corrected chi connectivity index (χ1v) is 10.1. The molecule has 5 rings (SSSR count). The van der Waals surface area contributed by atoms with Crippen LogP contribution < -0.4 is 4.74 Å². The van der Waals surface area contributed by atoms with Crippen molar-refractivity contribution in [2.24, 2.45) is 0 Å². The van der Waals surface area contributed by atoms with Gasteiger partial charge in [0, 0.05) is 29.3 Å². The standard InChI is InChI=1S/C25H18ClFO4/c1-29-25(17-7-9-18(26)10-8-17)24(21(13-14-30-24)16-5-3-2-4-6-16)23(28)20-12-11-19(27)15-22(20)31-25/h2-13,15H,14H2,1H3/t24-,25+/m1/s1. The van der Waals surface area contributed by atoms with Gasteiger partial charge in [0.1, 0.15) is 11.6 Å². The minimum absolute atomic E-state index is 0.0929. The number of ketones is 1. The van der Waals surface area contributed by atoms with Gasteiger partial charge in [0.05, 0.1) is 12.2 Å². The maximum absolute atomic E-state index is 14.1. The molecule has 0 saturated carbocycles. The van der Waals surface area contributed by atoms with Gasteiger partial charge in [-0.15, -0.1) is 0 Å². The molecular weight excluding hydrogens is 419 g/mol. The van der Waals surface area contributed by atoms with E-state index in [1.54, 1.807) is 24.3 Å². The summed E-state index contributed by atoms with van der Waals surface area (Å²) in [5.74, 6) is -2.49. The molecule has 2 aliphatic heterocycles. The van der Waals surface area contributed by atoms with E-state index in [9.17, 15) is 9.18 Å². The predicted octanol–water partition coefficient (Wildman–Crippen LogP) is 5.41. The van der Waals surface area contributed by atoms with Crippen LogP contribution in [0.4, 0.5) is 4.39 Å². The molecule has 0 unspecified atom stereocenters. The van der Waals surface area contributed by atoms with Gasteiger partial charge in [-0.2, -0.15) is 0 Å². The third kappa shape index (κ3) is 2.78. The van der Waals surface area contributed by atoms with Crippen LogP contribution in [-0.2, 0) is 15.3 Å². The summed E-state index contributed by atoms with van der Waals surface area (Å²) in [5.41, 5.74) is 0.544. The molecule has 0 radical (unpaired) electrons. The number of hydrogen-bond acceptors (Lipinski definition) is 4. The van der Waals surface area contributed by atoms with E-state index in [1.165, 1.54) is 25.3 Å². The fraction of sp³-hybridized carbons (Fsp3) is 0.160. The van der Waals surface area contributed by atoms with Crippen molar-refractivity contribution >= 4 is 23.0 Å². The lowest BCUT2D eigenvalue weighted by atomic mass is 9.72. The summed E-state index contributed by atoms with van der Waals surface area (Å²) in [4.78, 5) is 14.1. The highest BCUT2D eigenvalue weighted by molar-refractivity contribution is 6.30. The van der Waals surface area contributed by atoms with Crippen molar-refractivity contribution in [1.82, 2.24) is 0 Å². The minimum atomic E-state index is -1.70. The molecule has 0 amide bonds. The molecule has 0 fully saturated rings. The molecule has 4 nitrogen and oxygen atoms in total. The Morgan fingerprint density at radius 2 is 1.77 bits per heavy atom. The van der Waals surface area contributed by atoms with E-state index in [1.807, 2.05) is 36.4 Å². The van der Waals surface area contributed by atoms with Gasteiger partial charge in [0.15, 0.2) is 0 Å². The molecule has 2 aliphatic rings. The predicted molar refractivity (Wildman–Crippen MR) is 115 cm³/mol. The molecular formula is C25H18ClFO4. The summed E-state index contributed by atoms with van der Waals surface area (Å²) in [7, 11) is 1.44. The molecule has 31 heavy (non-hydrogen) atoms. The quantitative estimate of drug-likeness (QED) is 0.551. The molecule has 2 heterocycles. The largest absolute Gasteiger partial charge is 0.453 e. The number of halogens is 2. The molecule has 156 valence electrons. The third-order valence-corrected chi connectivity index (χ3v) is 6.04. The molecule has 0 aromatic heterocycles. The summed E-state index contributed by atoms with van der Waals surface area (Å²) >= 11 is 6.10. The monoisotopic (exact) mass is 436 g/mol. The number of hydrogen-bond donors (Lipinski definition) is 0. The van der Waals surface area contributed by atoms with Gasteiger partial charge in [-0.3, -0.25) is 4.79 Å². The molecule has 3 aromatic rings. The van der Waals surface area contributed by atoms with Gasteiger partial charge < -0.3 is 14.2 Å². The van der Waals surface area contributed by atoms with E-state index < -0.39 is 17.2 Å². The summed E-state index contributed by atoms with van der Waals surface area (Å²) in [6, 6.07) is 20.1. The second kappa shape index (κ2) is 7.31. The molecule has 2 atom stereocenters. The maximum Gasteiger partial charge on any atom is 0.278 e. The Morgan fingerprint density at radius 3 is 2.48 bits per heavy atom. The lowest BCUT2D eigenvalue weighted by molar-refractivity contribution is -0.254. The zero-order valence-corrected chi connectivity index (χ0v) is 17.4. The first kappa shape index (κ1) is 19.9. The van der Waals surface area contributed by atoms with Gasteiger partial charge >= 0.3 is 0 Å². The van der Waals surface area contributed by atoms with Gasteiger partial charge in [0.2, 0.25) is 11.4 Å². The number of carbonyl (C=O) groups excluding carboxylic acids is 1. The highest BCUT2D eigenvalue weighted by Gasteiger charge is 2.68. The van der Waals surface area contributed by atoms with E-state index in [2.05, 4.69) is 0 Å². The van der Waals surface area contributed by atoms with Gasteiger partial charge in [-0.1, -0.05) is 60.1 Å². The van der Waals surface area contributed by atoms with Gasteiger partial charge in [-0.25, -0.2) is 4.39 Å². The van der Waals surface area contributed by atoms with Crippen molar-refractivity contribution < 1.29 is 23.4 Å². The fourth-order valence-electron chi connectivity index (χ4n) is 4.44. The summed E-state index contributed by atoms with van der Waals surface area (Å²) in [6.45, 7) is 0.189. The average Bonchev–Trinajstić information content (AvgIpc) is 3.24. The van der Waals surface area contributed by atoms with Gasteiger partial charge in [-0.05, 0) is 29.8 Å². The second-order valence-electron chi connectivity index (χ2n) is 7.38. The molecule has 0 saturated heterocycles. The Morgan fingerprint density at radius 1 is 1.03 bits per heavy atom. The fourth-order valence-corrected chi connectivity index (χ4v) is 4.57. The van der Waals surface area contributed by atoms with Crippen LogP contribution in [0.15, 0.2) is 78.9 Å². The van der Waals surface area contributed by atoms with E-state index in [0.717, 1.165) is 5.56 Å². The van der Waals surface area contributed by atoms with Crippen LogP contribution in [0.2, 0.25) is 5.02 Å². The van der Waals surface area contributed by atoms with Crippen LogP contribution in [0.5, 0.6) is 5.75 Å². The van der Waals surface area contributed by atoms with Crippen molar-refractivity contribution in [2.75, 3.05) is 13.7 Å². The number of methoxy groups -OCH3 is 1. The first-order chi connectivity index (χ1) is 15.0. The number of carbonyl (C=O) groups is 1. The minimum Gasteiger partial charge on any atom is -0.453 e. The Labute approximate surface area is 183 Å². The van der Waals surface area contributed by atoms with Crippen LogP contribution in [0, 0.1) is 5.82 Å². The zero-order chi connectivity index (χ0) is 21.6. The molecule has 1 spiro atoms. The van der Waals surface area contributed by atoms with Crippen LogP contribution in [-0.4, -0.2) is 25.1 Å². The number of Topliss-reactive ketones (excluding diaryl/α,β-unsaturated/α-hetero) is 1. The highest BCUT2D eigenvalue weighted by atomic mass is 35.5. The number of rotatable bonds is 3. The van der Waals surface area contributed by atoms with Crippen molar-refractivity contribution in [3.8, 4) is 5.75 Å². The smallest absolute Gasteiger partial charge is 0.278 e. The number of fused-ring (bicyclic) bond motifs is 1. The SMILES string of the molecule is CO[C@@]1(c2ccc(Cl)cc2)Oc2cc(F)ccc2C(=O)[C@@]12OCC=C2c1ccccc1. The number of ether oxygens (including phenoxy) is 3. The molecule has 0 aliphatic carbocycles. The lowest BCUT2D eigenvalue weighted by Crippen LogP contribution is -2.64. The van der Waals surface area contributed by atoms with Gasteiger partial charge in [0.25, 0.3) is 5.79 Å². The molecule has 0 N–H and O–H groups in total. The van der Waals surface area contributed by atoms with E-state index >= 15 is 0 Å². The topological polar surface area (TPSA) is 44.8 Å². The van der Waals surface area contributed by atoms with Crippen molar-refractivity contribution in [3.05, 3.63) is 106 Å². The normalized spacial score (nSPS) is 24.6. The van der Waals surface area contributed by atoms with E-state index in [0.29, 0.717) is 16.2 Å². The van der Waals surface area contributed by atoms with Crippen LogP contribution >= 0.6 is 11.6 Å². The Kier molecular flexibility index (Phi) is 4.70. The van der Waals surface area contributed by atoms with Crippen LogP contribution in [0.3, 0.4) is 0 Å². The Bertz CT molecular complexity index is 1190. The van der Waals surface area contributed by atoms with Crippen LogP contribution in [0.1, 0.15) is 21.5 Å². The maximum atomic E-state index is 14.1. The van der Waals surface area contributed by atoms with Crippen molar-refractivity contribution in [2.45, 2.75) is 11.4 Å². The molecule has 6 heteroatoms. The zero-order valence-electron chi connectivity index (χ0n) is 16.6. The highest BCUT2D eigenvalue weighted by Crippen LogP contribution is 2.55. The number of benzene rings is 3. The van der Waals surface area contributed by atoms with E-state index in [4.69, 9.17) is 25.8 Å². The molecule has 0 bridgehead atoms. The third-order valence-electron chi connectivity index (χ3n) is 5.79. The van der Waals surface area contributed by atoms with Crippen LogP contribution in [0.25, 0.3) is 5.57 Å². The second-order valence-corrected chi connectivity index (χ2v) is 7.81. The van der Waals surface area contributed by atoms with Crippen molar-refractivity contribution in [1.29, 1.82) is 0 Å². The summed E-state index contributed by atoms with van der Waals surface area (Å²) < 4.78 is 32.6. The summed E-state index contributed by atoms with van der Waals surface area (Å²) in [5, 5.41) is 0.517. The Hall–Kier alpha value is -2.99. The molecule has 3 aromatic carbocycles. The average molecular weight is 437 g/mol. The van der Waals surface area contributed by atoms with E-state index in [-0.39, 0.29) is 23.7 Å². The lowest BCUT2D eigenvalue weighted by Gasteiger charge is -2.49. The Balaban J connectivity index is 1.83.